The van der Waals surface area contributed by atoms with Crippen molar-refractivity contribution in [3.8, 4) is 0 Å². The summed E-state index contributed by atoms with van der Waals surface area (Å²) in [4.78, 5) is 27.5. The normalized spacial score (nSPS) is 11.7. The predicted octanol–water partition coefficient (Wildman–Crippen LogP) is 4.52. The van der Waals surface area contributed by atoms with Gasteiger partial charge in [-0.05, 0) is 44.7 Å². The smallest absolute Gasteiger partial charge is 0.242 e. The number of amides is 2. The van der Waals surface area contributed by atoms with E-state index >= 15 is 0 Å². The lowest BCUT2D eigenvalue weighted by atomic mass is 10.1. The van der Waals surface area contributed by atoms with Crippen LogP contribution in [0, 0.1) is 13.8 Å². The van der Waals surface area contributed by atoms with Crippen LogP contribution >= 0.6 is 11.8 Å². The Labute approximate surface area is 185 Å². The first-order chi connectivity index (χ1) is 14.4. The maximum Gasteiger partial charge on any atom is 0.242 e. The first kappa shape index (κ1) is 24.0. The zero-order valence-electron chi connectivity index (χ0n) is 18.6. The van der Waals surface area contributed by atoms with Crippen molar-refractivity contribution in [2.75, 3.05) is 18.8 Å². The predicted molar refractivity (Wildman–Crippen MR) is 127 cm³/mol. The Morgan fingerprint density at radius 2 is 1.67 bits per heavy atom. The van der Waals surface area contributed by atoms with Gasteiger partial charge < -0.3 is 10.2 Å². The number of hydrogen-bond donors (Lipinski definition) is 1. The lowest BCUT2D eigenvalue weighted by molar-refractivity contribution is -0.138. The highest BCUT2D eigenvalue weighted by Gasteiger charge is 2.27. The maximum absolute atomic E-state index is 13.1. The van der Waals surface area contributed by atoms with E-state index in [2.05, 4.69) is 49.5 Å². The molecule has 0 aliphatic carbocycles. The van der Waals surface area contributed by atoms with Crippen LogP contribution in [0.1, 0.15) is 42.5 Å². The van der Waals surface area contributed by atoms with E-state index in [1.54, 1.807) is 16.7 Å². The molecule has 0 aliphatic rings. The van der Waals surface area contributed by atoms with Crippen molar-refractivity contribution in [3.05, 3.63) is 70.8 Å². The van der Waals surface area contributed by atoms with E-state index in [0.717, 1.165) is 12.2 Å². The largest absolute Gasteiger partial charge is 0.355 e. The third-order valence-corrected chi connectivity index (χ3v) is 5.99. The van der Waals surface area contributed by atoms with Crippen LogP contribution in [-0.2, 0) is 21.8 Å². The summed E-state index contributed by atoms with van der Waals surface area (Å²) in [5.41, 5.74) is 4.88. The molecule has 0 radical (unpaired) electrons. The minimum atomic E-state index is -0.428. The lowest BCUT2D eigenvalue weighted by Crippen LogP contribution is -2.50. The number of aryl methyl sites for hydroxylation is 2. The van der Waals surface area contributed by atoms with Gasteiger partial charge >= 0.3 is 0 Å². The minimum Gasteiger partial charge on any atom is -0.355 e. The van der Waals surface area contributed by atoms with E-state index < -0.39 is 6.04 Å². The van der Waals surface area contributed by atoms with Gasteiger partial charge in [0.1, 0.15) is 6.04 Å². The molecule has 0 bridgehead atoms. The Balaban J connectivity index is 2.04. The van der Waals surface area contributed by atoms with Gasteiger partial charge in [0.2, 0.25) is 11.8 Å². The van der Waals surface area contributed by atoms with Crippen LogP contribution in [0.15, 0.2) is 48.5 Å². The molecular formula is C25H34N2O2S. The molecular weight excluding hydrogens is 392 g/mol. The van der Waals surface area contributed by atoms with Crippen LogP contribution in [0.4, 0.5) is 0 Å². The van der Waals surface area contributed by atoms with E-state index in [1.807, 2.05) is 32.0 Å². The Morgan fingerprint density at radius 1 is 1.00 bits per heavy atom. The molecule has 4 nitrogen and oxygen atoms in total. The number of thioether (sulfide) groups is 1. The molecule has 162 valence electrons. The average molecular weight is 427 g/mol. The summed E-state index contributed by atoms with van der Waals surface area (Å²) in [6.45, 7) is 9.16. The minimum absolute atomic E-state index is 0.0263. The van der Waals surface area contributed by atoms with Gasteiger partial charge in [-0.15, -0.1) is 11.8 Å². The van der Waals surface area contributed by atoms with Crippen molar-refractivity contribution in [2.24, 2.45) is 0 Å². The van der Waals surface area contributed by atoms with Crippen molar-refractivity contribution in [1.82, 2.24) is 10.2 Å². The van der Waals surface area contributed by atoms with E-state index in [0.29, 0.717) is 25.3 Å². The average Bonchev–Trinajstić information content (AvgIpc) is 2.71. The second-order valence-electron chi connectivity index (χ2n) is 7.63. The van der Waals surface area contributed by atoms with Gasteiger partial charge in [0.05, 0.1) is 5.75 Å². The molecule has 2 rings (SSSR count). The number of carbonyl (C=O) groups is 2. The molecule has 2 aromatic rings. The van der Waals surface area contributed by atoms with Crippen molar-refractivity contribution in [1.29, 1.82) is 0 Å². The molecule has 2 amide bonds. The van der Waals surface area contributed by atoms with Gasteiger partial charge in [0.25, 0.3) is 0 Å². The SMILES string of the molecule is CCNC(=O)[C@@H](CC)N(CCc1ccccc1)C(=O)CSCc1cc(C)cc(C)c1. The first-order valence-corrected chi connectivity index (χ1v) is 11.9. The van der Waals surface area contributed by atoms with Gasteiger partial charge in [0.15, 0.2) is 0 Å². The molecule has 1 N–H and O–H groups in total. The van der Waals surface area contributed by atoms with Crippen molar-refractivity contribution in [3.63, 3.8) is 0 Å². The number of hydrogen-bond acceptors (Lipinski definition) is 3. The van der Waals surface area contributed by atoms with E-state index in [1.165, 1.54) is 22.3 Å². The zero-order valence-corrected chi connectivity index (χ0v) is 19.4. The topological polar surface area (TPSA) is 49.4 Å². The molecule has 2 aromatic carbocycles. The summed E-state index contributed by atoms with van der Waals surface area (Å²) in [5.74, 6) is 1.12. The van der Waals surface area contributed by atoms with Crippen LogP contribution in [0.5, 0.6) is 0 Å². The molecule has 5 heteroatoms. The van der Waals surface area contributed by atoms with Crippen molar-refractivity contribution in [2.45, 2.75) is 52.3 Å². The number of rotatable bonds is 11. The van der Waals surface area contributed by atoms with Crippen LogP contribution in [0.3, 0.4) is 0 Å². The Kier molecular flexibility index (Phi) is 9.95. The molecule has 0 saturated carbocycles. The van der Waals surface area contributed by atoms with Gasteiger partial charge in [-0.25, -0.2) is 0 Å². The summed E-state index contributed by atoms with van der Waals surface area (Å²) < 4.78 is 0. The molecule has 0 aliphatic heterocycles. The number of carbonyl (C=O) groups excluding carboxylic acids is 2. The number of nitrogens with one attached hydrogen (secondary N) is 1. The summed E-state index contributed by atoms with van der Waals surface area (Å²) in [6.07, 6.45) is 1.35. The van der Waals surface area contributed by atoms with Crippen LogP contribution in [-0.4, -0.2) is 41.6 Å². The van der Waals surface area contributed by atoms with E-state index in [4.69, 9.17) is 0 Å². The zero-order chi connectivity index (χ0) is 21.9. The van der Waals surface area contributed by atoms with Crippen molar-refractivity contribution >= 4 is 23.6 Å². The second kappa shape index (κ2) is 12.4. The number of likely N-dealkylation sites (N-methyl/N-ethyl adjacent to an activating group) is 1. The quantitative estimate of drug-likeness (QED) is 0.575. The molecule has 0 unspecified atom stereocenters. The van der Waals surface area contributed by atoms with Crippen LogP contribution in [0.25, 0.3) is 0 Å². The van der Waals surface area contributed by atoms with E-state index in [-0.39, 0.29) is 11.8 Å². The highest BCUT2D eigenvalue weighted by Crippen LogP contribution is 2.18. The molecule has 0 saturated heterocycles. The Morgan fingerprint density at radius 3 is 2.27 bits per heavy atom. The summed E-state index contributed by atoms with van der Waals surface area (Å²) in [5, 5.41) is 2.88. The molecule has 1 atom stereocenters. The third kappa shape index (κ3) is 7.52. The highest BCUT2D eigenvalue weighted by molar-refractivity contribution is 7.99. The summed E-state index contributed by atoms with van der Waals surface area (Å²) in [6, 6.07) is 16.2. The fourth-order valence-corrected chi connectivity index (χ4v) is 4.52. The standard InChI is InChI=1S/C25H34N2O2S/c1-5-23(25(29)26-6-2)27(13-12-21-10-8-7-9-11-21)24(28)18-30-17-22-15-19(3)14-20(4)16-22/h7-11,14-16,23H,5-6,12-13,17-18H2,1-4H3,(H,26,29)/t23-/m1/s1. The van der Waals surface area contributed by atoms with Crippen LogP contribution in [0.2, 0.25) is 0 Å². The van der Waals surface area contributed by atoms with Gasteiger partial charge in [-0.1, -0.05) is 66.6 Å². The van der Waals surface area contributed by atoms with E-state index in [9.17, 15) is 9.59 Å². The Hall–Kier alpha value is -2.27. The number of nitrogens with zero attached hydrogens (tertiary/aromatic N) is 1. The van der Waals surface area contributed by atoms with Gasteiger partial charge in [-0.3, -0.25) is 9.59 Å². The monoisotopic (exact) mass is 426 g/mol. The molecule has 0 spiro atoms. The first-order valence-electron chi connectivity index (χ1n) is 10.7. The van der Waals surface area contributed by atoms with Gasteiger partial charge in [-0.2, -0.15) is 0 Å². The second-order valence-corrected chi connectivity index (χ2v) is 8.62. The summed E-state index contributed by atoms with van der Waals surface area (Å²) >= 11 is 1.61. The molecule has 30 heavy (non-hydrogen) atoms. The molecule has 0 heterocycles. The third-order valence-electron chi connectivity index (χ3n) is 5.00. The Bertz CT molecular complexity index is 803. The lowest BCUT2D eigenvalue weighted by Gasteiger charge is -2.30. The molecule has 0 aromatic heterocycles. The fraction of sp³-hybridized carbons (Fsp3) is 0.440. The van der Waals surface area contributed by atoms with Crippen LogP contribution < -0.4 is 5.32 Å². The molecule has 0 fully saturated rings. The summed E-state index contributed by atoms with van der Waals surface area (Å²) in [7, 11) is 0. The fourth-order valence-electron chi connectivity index (χ4n) is 3.68. The van der Waals surface area contributed by atoms with Gasteiger partial charge in [0, 0.05) is 18.8 Å². The number of benzene rings is 2. The van der Waals surface area contributed by atoms with Crippen molar-refractivity contribution < 1.29 is 9.59 Å². The maximum atomic E-state index is 13.1. The highest BCUT2D eigenvalue weighted by atomic mass is 32.2.